The molecule has 126 valence electrons. The summed E-state index contributed by atoms with van der Waals surface area (Å²) in [5, 5.41) is 9.37. The first kappa shape index (κ1) is 16.7. The molecule has 0 bridgehead atoms. The van der Waals surface area contributed by atoms with E-state index in [1.165, 1.54) is 0 Å². The second-order valence-corrected chi connectivity index (χ2v) is 5.75. The lowest BCUT2D eigenvalue weighted by Crippen LogP contribution is -2.02. The van der Waals surface area contributed by atoms with Gasteiger partial charge in [0.25, 0.3) is 0 Å². The summed E-state index contributed by atoms with van der Waals surface area (Å²) >= 11 is 0. The monoisotopic (exact) mass is 336 g/mol. The molecule has 0 aromatic heterocycles. The molecule has 3 nitrogen and oxygen atoms in total. The maximum absolute atomic E-state index is 13.7. The lowest BCUT2D eigenvalue weighted by Gasteiger charge is -2.11. The summed E-state index contributed by atoms with van der Waals surface area (Å²) in [5.74, 6) is -1.07. The Morgan fingerprint density at radius 3 is 2.52 bits per heavy atom. The van der Waals surface area contributed by atoms with E-state index in [2.05, 4.69) is 0 Å². The Kier molecular flexibility index (Phi) is 4.80. The van der Waals surface area contributed by atoms with Gasteiger partial charge in [0.05, 0.1) is 5.56 Å². The fourth-order valence-corrected chi connectivity index (χ4v) is 2.59. The van der Waals surface area contributed by atoms with Crippen LogP contribution >= 0.6 is 0 Å². The van der Waals surface area contributed by atoms with Gasteiger partial charge in [0, 0.05) is 0 Å². The van der Waals surface area contributed by atoms with Crippen molar-refractivity contribution in [2.75, 3.05) is 0 Å². The zero-order chi connectivity index (χ0) is 17.8. The molecule has 0 aliphatic heterocycles. The molecule has 25 heavy (non-hydrogen) atoms. The zero-order valence-electron chi connectivity index (χ0n) is 13.7. The summed E-state index contributed by atoms with van der Waals surface area (Å²) < 4.78 is 19.5. The van der Waals surface area contributed by atoms with Crippen LogP contribution in [-0.2, 0) is 6.61 Å². The summed E-state index contributed by atoms with van der Waals surface area (Å²) in [6, 6.07) is 19.5. The third kappa shape index (κ3) is 3.86. The van der Waals surface area contributed by atoms with Crippen LogP contribution < -0.4 is 4.74 Å². The molecule has 0 aliphatic carbocycles. The van der Waals surface area contributed by atoms with Gasteiger partial charge in [-0.1, -0.05) is 42.5 Å². The first-order chi connectivity index (χ1) is 12.0. The van der Waals surface area contributed by atoms with Crippen LogP contribution in [0.5, 0.6) is 5.75 Å². The summed E-state index contributed by atoms with van der Waals surface area (Å²) in [6.07, 6.45) is 0. The van der Waals surface area contributed by atoms with Gasteiger partial charge in [-0.2, -0.15) is 0 Å². The number of carbonyl (C=O) groups is 1. The number of hydrogen-bond donors (Lipinski definition) is 1. The van der Waals surface area contributed by atoms with Crippen molar-refractivity contribution in [3.05, 3.63) is 89.2 Å². The first-order valence-electron chi connectivity index (χ1n) is 7.85. The van der Waals surface area contributed by atoms with Gasteiger partial charge in [0.2, 0.25) is 0 Å². The summed E-state index contributed by atoms with van der Waals surface area (Å²) in [6.45, 7) is 2.03. The van der Waals surface area contributed by atoms with Gasteiger partial charge in [-0.05, 0) is 53.4 Å². The number of ether oxygens (including phenoxy) is 1. The molecule has 0 unspecified atom stereocenters. The van der Waals surface area contributed by atoms with Crippen LogP contribution in [0.4, 0.5) is 4.39 Å². The molecule has 0 amide bonds. The molecule has 3 aromatic carbocycles. The number of hydrogen-bond acceptors (Lipinski definition) is 2. The van der Waals surface area contributed by atoms with E-state index >= 15 is 0 Å². The first-order valence-corrected chi connectivity index (χ1v) is 7.85. The van der Waals surface area contributed by atoms with Crippen molar-refractivity contribution in [3.8, 4) is 16.9 Å². The molecule has 0 radical (unpaired) electrons. The van der Waals surface area contributed by atoms with Crippen molar-refractivity contribution >= 4 is 5.97 Å². The van der Waals surface area contributed by atoms with Crippen LogP contribution in [0.1, 0.15) is 21.5 Å². The highest BCUT2D eigenvalue weighted by molar-refractivity contribution is 5.96. The van der Waals surface area contributed by atoms with Crippen LogP contribution in [-0.4, -0.2) is 11.1 Å². The predicted octanol–water partition coefficient (Wildman–Crippen LogP) is 5.08. The Morgan fingerprint density at radius 2 is 1.80 bits per heavy atom. The maximum Gasteiger partial charge on any atom is 0.336 e. The minimum absolute atomic E-state index is 0.0664. The van der Waals surface area contributed by atoms with Gasteiger partial charge in [-0.25, -0.2) is 9.18 Å². The number of carboxylic acid groups (broad SMARTS) is 1. The van der Waals surface area contributed by atoms with Crippen LogP contribution in [0, 0.1) is 12.7 Å². The summed E-state index contributed by atoms with van der Waals surface area (Å²) in [5.41, 5.74) is 2.51. The molecule has 0 saturated heterocycles. The van der Waals surface area contributed by atoms with Crippen molar-refractivity contribution < 1.29 is 19.0 Å². The van der Waals surface area contributed by atoms with E-state index in [1.807, 2.05) is 36.4 Å². The largest absolute Gasteiger partial charge is 0.489 e. The Morgan fingerprint density at radius 1 is 1.04 bits per heavy atom. The fraction of sp³-hybridized carbons (Fsp3) is 0.0952. The van der Waals surface area contributed by atoms with E-state index in [0.717, 1.165) is 11.6 Å². The van der Waals surface area contributed by atoms with E-state index in [0.29, 0.717) is 29.0 Å². The van der Waals surface area contributed by atoms with Crippen molar-refractivity contribution in [1.82, 2.24) is 0 Å². The van der Waals surface area contributed by atoms with E-state index in [4.69, 9.17) is 4.74 Å². The van der Waals surface area contributed by atoms with E-state index in [-0.39, 0.29) is 5.56 Å². The summed E-state index contributed by atoms with van der Waals surface area (Å²) in [4.78, 5) is 11.5. The normalized spacial score (nSPS) is 10.5. The minimum atomic E-state index is -1.16. The van der Waals surface area contributed by atoms with Crippen LogP contribution in [0.25, 0.3) is 11.1 Å². The Balaban J connectivity index is 1.91. The standard InChI is InChI=1S/C21H17FO3/c1-14-10-18(19(21(23)24)12-20(14)22)16-8-5-9-17(11-16)25-13-15-6-3-2-4-7-15/h2-12H,13H2,1H3,(H,23,24). The molecule has 0 atom stereocenters. The van der Waals surface area contributed by atoms with E-state index in [1.54, 1.807) is 31.2 Å². The van der Waals surface area contributed by atoms with Crippen molar-refractivity contribution in [1.29, 1.82) is 0 Å². The summed E-state index contributed by atoms with van der Waals surface area (Å²) in [7, 11) is 0. The van der Waals surface area contributed by atoms with Gasteiger partial charge in [-0.15, -0.1) is 0 Å². The second kappa shape index (κ2) is 7.18. The lowest BCUT2D eigenvalue weighted by atomic mass is 9.97. The smallest absolute Gasteiger partial charge is 0.336 e. The molecule has 3 rings (SSSR count). The number of halogens is 1. The Bertz CT molecular complexity index is 904. The number of rotatable bonds is 5. The van der Waals surface area contributed by atoms with E-state index < -0.39 is 11.8 Å². The van der Waals surface area contributed by atoms with Gasteiger partial charge < -0.3 is 9.84 Å². The Hall–Kier alpha value is -3.14. The highest BCUT2D eigenvalue weighted by Crippen LogP contribution is 2.29. The molecule has 3 aromatic rings. The zero-order valence-corrected chi connectivity index (χ0v) is 13.7. The van der Waals surface area contributed by atoms with Crippen molar-refractivity contribution in [3.63, 3.8) is 0 Å². The highest BCUT2D eigenvalue weighted by atomic mass is 19.1. The van der Waals surface area contributed by atoms with Crippen molar-refractivity contribution in [2.24, 2.45) is 0 Å². The third-order valence-corrected chi connectivity index (χ3v) is 3.92. The predicted molar refractivity (Wildman–Crippen MR) is 94.3 cm³/mol. The van der Waals surface area contributed by atoms with Crippen LogP contribution in [0.15, 0.2) is 66.7 Å². The Labute approximate surface area is 145 Å². The number of aryl methyl sites for hydroxylation is 1. The molecule has 0 fully saturated rings. The molecular weight excluding hydrogens is 319 g/mol. The molecule has 4 heteroatoms. The van der Waals surface area contributed by atoms with Crippen LogP contribution in [0.3, 0.4) is 0 Å². The molecular formula is C21H17FO3. The topological polar surface area (TPSA) is 46.5 Å². The quantitative estimate of drug-likeness (QED) is 0.707. The molecule has 1 N–H and O–H groups in total. The fourth-order valence-electron chi connectivity index (χ4n) is 2.59. The second-order valence-electron chi connectivity index (χ2n) is 5.75. The van der Waals surface area contributed by atoms with Gasteiger partial charge >= 0.3 is 5.97 Å². The average molecular weight is 336 g/mol. The van der Waals surface area contributed by atoms with Gasteiger partial charge in [-0.3, -0.25) is 0 Å². The number of aromatic carboxylic acids is 1. The lowest BCUT2D eigenvalue weighted by molar-refractivity contribution is 0.0697. The molecule has 0 saturated carbocycles. The molecule has 0 heterocycles. The maximum atomic E-state index is 13.7. The van der Waals surface area contributed by atoms with Gasteiger partial charge in [0.1, 0.15) is 18.2 Å². The van der Waals surface area contributed by atoms with Gasteiger partial charge in [0.15, 0.2) is 0 Å². The highest BCUT2D eigenvalue weighted by Gasteiger charge is 2.15. The molecule has 0 spiro atoms. The van der Waals surface area contributed by atoms with E-state index in [9.17, 15) is 14.3 Å². The number of carboxylic acids is 1. The molecule has 0 aliphatic rings. The number of benzene rings is 3. The minimum Gasteiger partial charge on any atom is -0.489 e. The SMILES string of the molecule is Cc1cc(-c2cccc(OCc3ccccc3)c2)c(C(=O)O)cc1F. The van der Waals surface area contributed by atoms with Crippen molar-refractivity contribution in [2.45, 2.75) is 13.5 Å². The third-order valence-electron chi connectivity index (χ3n) is 3.92. The average Bonchev–Trinajstić information content (AvgIpc) is 2.63. The van der Waals surface area contributed by atoms with Crippen LogP contribution in [0.2, 0.25) is 0 Å².